The summed E-state index contributed by atoms with van der Waals surface area (Å²) in [5.41, 5.74) is 9.56. The number of hydrogen-bond donors (Lipinski definition) is 2. The number of nitrogens with zero attached hydrogens (tertiary/aromatic N) is 1. The molecule has 1 amide bonds. The maximum absolute atomic E-state index is 13.4. The van der Waals surface area contributed by atoms with Crippen LogP contribution >= 0.6 is 12.4 Å². The molecule has 4 rings (SSSR count). The van der Waals surface area contributed by atoms with Gasteiger partial charge in [-0.2, -0.15) is 0 Å². The van der Waals surface area contributed by atoms with Crippen molar-refractivity contribution in [2.45, 2.75) is 64.3 Å². The number of carbonyl (C=O) groups excluding carboxylic acids is 2. The quantitative estimate of drug-likeness (QED) is 0.0808. The molecular formula is C35H44ClN3O4. The number of esters is 1. The molecule has 3 aromatic rings. The van der Waals surface area contributed by atoms with Crippen molar-refractivity contribution in [1.29, 1.82) is 5.41 Å². The minimum atomic E-state index is -0.376. The monoisotopic (exact) mass is 605 g/mol. The van der Waals surface area contributed by atoms with Gasteiger partial charge in [-0.1, -0.05) is 92.9 Å². The number of nitrogens with two attached hydrogens (primary N) is 1. The summed E-state index contributed by atoms with van der Waals surface area (Å²) in [6.45, 7) is 3.56. The highest BCUT2D eigenvalue weighted by Gasteiger charge is 2.40. The Morgan fingerprint density at radius 1 is 0.930 bits per heavy atom. The van der Waals surface area contributed by atoms with Crippen LogP contribution in [0.4, 0.5) is 0 Å². The van der Waals surface area contributed by atoms with Gasteiger partial charge >= 0.3 is 5.97 Å². The fraction of sp³-hybridized carbons (Fsp3) is 0.400. The predicted octanol–water partition coefficient (Wildman–Crippen LogP) is 6.80. The zero-order chi connectivity index (χ0) is 29.7. The number of unbranched alkanes of at least 4 members (excludes halogenated alkanes) is 3. The highest BCUT2D eigenvalue weighted by Crippen LogP contribution is 2.30. The number of nitrogens with one attached hydrogen (secondary N) is 1. The predicted molar refractivity (Wildman–Crippen MR) is 174 cm³/mol. The van der Waals surface area contributed by atoms with Gasteiger partial charge in [0.25, 0.3) is 0 Å². The number of hydrogen-bond acceptors (Lipinski definition) is 5. The first kappa shape index (κ1) is 33.7. The topological polar surface area (TPSA) is 106 Å². The molecule has 7 nitrogen and oxygen atoms in total. The fourth-order valence-corrected chi connectivity index (χ4v) is 5.44. The lowest BCUT2D eigenvalue weighted by molar-refractivity contribution is -0.147. The second-order valence-electron chi connectivity index (χ2n) is 11.0. The van der Waals surface area contributed by atoms with Crippen molar-refractivity contribution in [3.8, 4) is 16.9 Å². The molecule has 3 N–H and O–H groups in total. The smallest absolute Gasteiger partial charge is 0.306 e. The van der Waals surface area contributed by atoms with E-state index in [2.05, 4.69) is 19.1 Å². The number of carbonyl (C=O) groups is 2. The lowest BCUT2D eigenvalue weighted by Crippen LogP contribution is -2.38. The summed E-state index contributed by atoms with van der Waals surface area (Å²) in [6.07, 6.45) is 6.61. The van der Waals surface area contributed by atoms with E-state index >= 15 is 0 Å². The molecule has 1 heterocycles. The van der Waals surface area contributed by atoms with Crippen molar-refractivity contribution in [2.24, 2.45) is 11.7 Å². The molecule has 2 atom stereocenters. The van der Waals surface area contributed by atoms with E-state index in [9.17, 15) is 9.59 Å². The maximum Gasteiger partial charge on any atom is 0.306 e. The van der Waals surface area contributed by atoms with Crippen LogP contribution in [0, 0.1) is 11.3 Å². The molecule has 230 valence electrons. The largest absolute Gasteiger partial charge is 0.491 e. The molecule has 0 aromatic heterocycles. The third kappa shape index (κ3) is 10.1. The van der Waals surface area contributed by atoms with Crippen molar-refractivity contribution in [3.05, 3.63) is 90.0 Å². The molecule has 43 heavy (non-hydrogen) atoms. The Hall–Kier alpha value is -3.84. The number of rotatable bonds is 16. The van der Waals surface area contributed by atoms with Crippen molar-refractivity contribution >= 4 is 30.1 Å². The van der Waals surface area contributed by atoms with Crippen LogP contribution < -0.4 is 10.5 Å². The van der Waals surface area contributed by atoms with Crippen LogP contribution in [0.3, 0.4) is 0 Å². The van der Waals surface area contributed by atoms with Crippen LogP contribution in [0.2, 0.25) is 0 Å². The van der Waals surface area contributed by atoms with E-state index in [1.165, 1.54) is 5.56 Å². The van der Waals surface area contributed by atoms with Gasteiger partial charge in [0.1, 0.15) is 18.2 Å². The minimum Gasteiger partial charge on any atom is -0.491 e. The van der Waals surface area contributed by atoms with Gasteiger partial charge in [-0.15, -0.1) is 12.4 Å². The molecule has 3 aromatic carbocycles. The Morgan fingerprint density at radius 2 is 1.60 bits per heavy atom. The van der Waals surface area contributed by atoms with Gasteiger partial charge in [0.2, 0.25) is 5.91 Å². The van der Waals surface area contributed by atoms with Gasteiger partial charge in [-0.3, -0.25) is 15.0 Å². The van der Waals surface area contributed by atoms with E-state index in [0.29, 0.717) is 31.7 Å². The molecular weight excluding hydrogens is 562 g/mol. The van der Waals surface area contributed by atoms with Crippen molar-refractivity contribution in [1.82, 2.24) is 4.90 Å². The average Bonchev–Trinajstić information content (AvgIpc) is 3.30. The number of nitrogen functional groups attached to an aromatic ring is 1. The molecule has 0 saturated carbocycles. The fourth-order valence-electron chi connectivity index (χ4n) is 5.44. The molecule has 1 aliphatic rings. The zero-order valence-electron chi connectivity index (χ0n) is 25.0. The highest BCUT2D eigenvalue weighted by molar-refractivity contribution is 5.95. The van der Waals surface area contributed by atoms with E-state index in [-0.39, 0.29) is 48.5 Å². The molecule has 1 saturated heterocycles. The standard InChI is InChI=1S/C35H43N3O4.ClH/c1-2-3-4-8-22-41-33(39)24-30-23-31(38(35(30)40)21-9-12-26-10-6-5-7-11-26)25-42-32-19-17-28(18-20-32)27-13-15-29(16-14-27)34(36)37;/h5-7,10-11,13-20,30-31H,2-4,8-9,12,21-25H2,1H3,(H3,36,37);1H/t30-,31-;/m0./s1. The van der Waals surface area contributed by atoms with Gasteiger partial charge < -0.3 is 20.1 Å². The van der Waals surface area contributed by atoms with Crippen molar-refractivity contribution in [2.75, 3.05) is 19.8 Å². The van der Waals surface area contributed by atoms with E-state index in [4.69, 9.17) is 20.6 Å². The molecule has 0 radical (unpaired) electrons. The molecule has 1 fully saturated rings. The Kier molecular flexibility index (Phi) is 13.6. The number of ether oxygens (including phenoxy) is 2. The van der Waals surface area contributed by atoms with Crippen LogP contribution in [-0.2, 0) is 20.7 Å². The summed E-state index contributed by atoms with van der Waals surface area (Å²) >= 11 is 0. The maximum atomic E-state index is 13.4. The van der Waals surface area contributed by atoms with Crippen LogP contribution in [0.15, 0.2) is 78.9 Å². The lowest BCUT2D eigenvalue weighted by atomic mass is 10.0. The molecule has 1 aliphatic heterocycles. The number of amidine groups is 1. The van der Waals surface area contributed by atoms with Gasteiger partial charge in [0.15, 0.2) is 0 Å². The number of amides is 1. The normalized spacial score (nSPS) is 16.0. The van der Waals surface area contributed by atoms with Crippen molar-refractivity contribution in [3.63, 3.8) is 0 Å². The van der Waals surface area contributed by atoms with Gasteiger partial charge in [0, 0.05) is 12.1 Å². The lowest BCUT2D eigenvalue weighted by Gasteiger charge is -2.25. The third-order valence-corrected chi connectivity index (χ3v) is 7.84. The Balaban J connectivity index is 0.00000506. The first-order chi connectivity index (χ1) is 20.4. The van der Waals surface area contributed by atoms with Crippen LogP contribution in [0.1, 0.15) is 63.0 Å². The van der Waals surface area contributed by atoms with E-state index in [1.54, 1.807) is 0 Å². The third-order valence-electron chi connectivity index (χ3n) is 7.84. The van der Waals surface area contributed by atoms with Crippen LogP contribution in [-0.4, -0.2) is 48.4 Å². The number of likely N-dealkylation sites (tertiary alicyclic amines) is 1. The van der Waals surface area contributed by atoms with Gasteiger partial charge in [-0.25, -0.2) is 0 Å². The first-order valence-corrected chi connectivity index (χ1v) is 15.1. The Morgan fingerprint density at radius 3 is 2.26 bits per heavy atom. The zero-order valence-corrected chi connectivity index (χ0v) is 25.8. The van der Waals surface area contributed by atoms with E-state index in [0.717, 1.165) is 55.4 Å². The molecule has 0 unspecified atom stereocenters. The Bertz CT molecular complexity index is 1300. The summed E-state index contributed by atoms with van der Waals surface area (Å²) in [5, 5.41) is 7.57. The number of benzene rings is 3. The van der Waals surface area contributed by atoms with Gasteiger partial charge in [0.05, 0.1) is 25.0 Å². The molecule has 0 aliphatic carbocycles. The van der Waals surface area contributed by atoms with Crippen LogP contribution in [0.5, 0.6) is 5.75 Å². The summed E-state index contributed by atoms with van der Waals surface area (Å²) in [4.78, 5) is 27.9. The SMILES string of the molecule is CCCCCCOC(=O)C[C@@H]1C[C@@H](COc2ccc(-c3ccc(C(=N)N)cc3)cc2)N(CCCc2ccccc2)C1=O.Cl. The summed E-state index contributed by atoms with van der Waals surface area (Å²) in [6, 6.07) is 25.6. The number of halogens is 1. The number of aryl methyl sites for hydroxylation is 1. The summed E-state index contributed by atoms with van der Waals surface area (Å²) < 4.78 is 11.6. The summed E-state index contributed by atoms with van der Waals surface area (Å²) in [5.74, 6) is 0.127. The first-order valence-electron chi connectivity index (χ1n) is 15.1. The highest BCUT2D eigenvalue weighted by atomic mass is 35.5. The second kappa shape index (κ2) is 17.3. The minimum absolute atomic E-state index is 0. The van der Waals surface area contributed by atoms with E-state index < -0.39 is 0 Å². The van der Waals surface area contributed by atoms with Crippen molar-refractivity contribution < 1.29 is 19.1 Å². The summed E-state index contributed by atoms with van der Waals surface area (Å²) in [7, 11) is 0. The second-order valence-corrected chi connectivity index (χ2v) is 11.0. The Labute approximate surface area is 261 Å². The average molecular weight is 606 g/mol. The molecule has 0 spiro atoms. The van der Waals surface area contributed by atoms with Crippen LogP contribution in [0.25, 0.3) is 11.1 Å². The molecule has 0 bridgehead atoms. The molecule has 8 heteroatoms. The van der Waals surface area contributed by atoms with Gasteiger partial charge in [-0.05, 0) is 54.5 Å². The van der Waals surface area contributed by atoms with E-state index in [1.807, 2.05) is 71.6 Å².